The minimum atomic E-state index is -0.688. The van der Waals surface area contributed by atoms with E-state index in [2.05, 4.69) is 30.8 Å². The molecule has 1 heterocycles. The molecule has 0 saturated carbocycles. The summed E-state index contributed by atoms with van der Waals surface area (Å²) in [7, 11) is 3.37. The lowest BCUT2D eigenvalue weighted by atomic mass is 9.93. The zero-order valence-electron chi connectivity index (χ0n) is 20.1. The highest BCUT2D eigenvalue weighted by Gasteiger charge is 2.42. The van der Waals surface area contributed by atoms with E-state index >= 15 is 0 Å². The number of allylic oxidation sites excluding steroid dienone is 1. The van der Waals surface area contributed by atoms with Crippen LogP contribution in [0.5, 0.6) is 5.75 Å². The number of carbonyl (C=O) groups is 2. The summed E-state index contributed by atoms with van der Waals surface area (Å²) in [6.07, 6.45) is 2.75. The van der Waals surface area contributed by atoms with Crippen molar-refractivity contribution < 1.29 is 19.4 Å². The van der Waals surface area contributed by atoms with E-state index in [0.29, 0.717) is 6.67 Å². The van der Waals surface area contributed by atoms with Gasteiger partial charge in [0.05, 0.1) is 19.8 Å². The second-order valence-corrected chi connectivity index (χ2v) is 8.90. The second-order valence-electron chi connectivity index (χ2n) is 8.90. The van der Waals surface area contributed by atoms with Crippen molar-refractivity contribution in [1.29, 1.82) is 0 Å². The molecule has 0 bridgehead atoms. The van der Waals surface area contributed by atoms with Gasteiger partial charge in [-0.25, -0.2) is 0 Å². The van der Waals surface area contributed by atoms with Crippen LogP contribution < -0.4 is 4.74 Å². The number of aryl methyl sites for hydroxylation is 2. The average Bonchev–Trinajstić information content (AvgIpc) is 3.00. The van der Waals surface area contributed by atoms with Gasteiger partial charge in [-0.2, -0.15) is 5.01 Å². The van der Waals surface area contributed by atoms with Crippen molar-refractivity contribution in [3.63, 3.8) is 0 Å². The molecule has 2 aromatic carbocycles. The third-order valence-electron chi connectivity index (χ3n) is 6.69. The van der Waals surface area contributed by atoms with Crippen molar-refractivity contribution in [2.24, 2.45) is 0 Å². The van der Waals surface area contributed by atoms with Crippen LogP contribution in [0.3, 0.4) is 0 Å². The fourth-order valence-corrected chi connectivity index (χ4v) is 4.82. The van der Waals surface area contributed by atoms with E-state index < -0.39 is 17.4 Å². The highest BCUT2D eigenvalue weighted by Crippen LogP contribution is 2.41. The Balaban J connectivity index is 1.93. The Morgan fingerprint density at radius 1 is 1.15 bits per heavy atom. The molecule has 1 aliphatic heterocycles. The maximum absolute atomic E-state index is 13.3. The first-order valence-electron chi connectivity index (χ1n) is 11.4. The van der Waals surface area contributed by atoms with Crippen molar-refractivity contribution in [3.05, 3.63) is 88.8 Å². The molecule has 1 unspecified atom stereocenters. The largest absolute Gasteiger partial charge is 0.503 e. The molecular formula is C27H31N3O4. The van der Waals surface area contributed by atoms with Gasteiger partial charge in [0, 0.05) is 13.1 Å². The van der Waals surface area contributed by atoms with Crippen LogP contribution in [0.4, 0.5) is 0 Å². The molecular weight excluding hydrogens is 430 g/mol. The summed E-state index contributed by atoms with van der Waals surface area (Å²) >= 11 is 0. The van der Waals surface area contributed by atoms with Crippen molar-refractivity contribution in [2.75, 3.05) is 20.8 Å². The minimum absolute atomic E-state index is 0.0540. The van der Waals surface area contributed by atoms with E-state index in [1.54, 1.807) is 24.1 Å². The predicted molar refractivity (Wildman–Crippen MR) is 130 cm³/mol. The number of aliphatic hydroxyl groups is 1. The number of nitrogens with zero attached hydrogens (tertiary/aromatic N) is 3. The summed E-state index contributed by atoms with van der Waals surface area (Å²) in [5.41, 5.74) is 4.57. The minimum Gasteiger partial charge on any atom is -0.503 e. The summed E-state index contributed by atoms with van der Waals surface area (Å²) in [5.74, 6) is -0.885. The van der Waals surface area contributed by atoms with Gasteiger partial charge in [-0.3, -0.25) is 14.6 Å². The van der Waals surface area contributed by atoms with E-state index in [1.807, 2.05) is 37.1 Å². The van der Waals surface area contributed by atoms with Crippen molar-refractivity contribution in [2.45, 2.75) is 38.8 Å². The van der Waals surface area contributed by atoms with E-state index in [0.717, 1.165) is 35.8 Å². The number of carbonyl (C=O) groups excluding carboxylic acids is 2. The van der Waals surface area contributed by atoms with E-state index in [4.69, 9.17) is 4.74 Å². The molecule has 178 valence electrons. The highest BCUT2D eigenvalue weighted by molar-refractivity contribution is 6.08. The first kappa shape index (κ1) is 23.6. The highest BCUT2D eigenvalue weighted by atomic mass is 16.5. The van der Waals surface area contributed by atoms with Crippen molar-refractivity contribution in [3.8, 4) is 5.75 Å². The third-order valence-corrected chi connectivity index (χ3v) is 6.69. The molecule has 1 saturated heterocycles. The number of methoxy groups -OCH3 is 1. The molecule has 2 aromatic rings. The molecule has 0 radical (unpaired) electrons. The quantitative estimate of drug-likeness (QED) is 0.540. The number of amides is 1. The molecule has 4 rings (SSSR count). The predicted octanol–water partition coefficient (Wildman–Crippen LogP) is 3.76. The number of aliphatic hydroxyl groups excluding tert-OH is 1. The van der Waals surface area contributed by atoms with Crippen LogP contribution in [-0.4, -0.2) is 58.6 Å². The zero-order chi connectivity index (χ0) is 24.6. The van der Waals surface area contributed by atoms with Gasteiger partial charge in [0.2, 0.25) is 5.78 Å². The summed E-state index contributed by atoms with van der Waals surface area (Å²) < 4.78 is 5.49. The van der Waals surface area contributed by atoms with E-state index in [1.165, 1.54) is 11.1 Å². The number of ether oxygens (including phenoxy) is 1. The Labute approximate surface area is 200 Å². The number of hydrogen-bond acceptors (Lipinski definition) is 6. The Morgan fingerprint density at radius 3 is 2.50 bits per heavy atom. The Kier molecular flexibility index (Phi) is 6.48. The second kappa shape index (κ2) is 9.35. The van der Waals surface area contributed by atoms with Crippen LogP contribution in [0.1, 0.15) is 42.1 Å². The van der Waals surface area contributed by atoms with Gasteiger partial charge >= 0.3 is 0 Å². The molecule has 34 heavy (non-hydrogen) atoms. The lowest BCUT2D eigenvalue weighted by molar-refractivity contribution is -0.155. The molecule has 1 N–H and O–H groups in total. The average molecular weight is 462 g/mol. The lowest BCUT2D eigenvalue weighted by Crippen LogP contribution is -2.59. The number of benzene rings is 2. The van der Waals surface area contributed by atoms with Crippen molar-refractivity contribution >= 4 is 11.7 Å². The Bertz CT molecular complexity index is 1170. The normalized spacial score (nSPS) is 19.9. The SMILES string of the molecule is C=CC(=O)/C(O)=C1/C(=O)N(C(C)C)CN(C2c3ccccc3CCc3cc(OC)ccc32)N1C. The van der Waals surface area contributed by atoms with E-state index in [9.17, 15) is 14.7 Å². The summed E-state index contributed by atoms with van der Waals surface area (Å²) in [5, 5.41) is 14.4. The van der Waals surface area contributed by atoms with Gasteiger partial charge in [-0.05, 0) is 67.2 Å². The molecule has 0 spiro atoms. The number of rotatable bonds is 5. The van der Waals surface area contributed by atoms with Gasteiger partial charge in [-0.1, -0.05) is 36.9 Å². The first-order valence-corrected chi connectivity index (χ1v) is 11.4. The fourth-order valence-electron chi connectivity index (χ4n) is 4.82. The molecule has 7 nitrogen and oxygen atoms in total. The third kappa shape index (κ3) is 3.96. The topological polar surface area (TPSA) is 73.3 Å². The van der Waals surface area contributed by atoms with Gasteiger partial charge < -0.3 is 14.7 Å². The zero-order valence-corrected chi connectivity index (χ0v) is 20.1. The Hall–Kier alpha value is -3.58. The van der Waals surface area contributed by atoms with Crippen LogP contribution in [0.2, 0.25) is 0 Å². The number of ketones is 1. The number of fused-ring (bicyclic) bond motifs is 2. The van der Waals surface area contributed by atoms with Crippen molar-refractivity contribution in [1.82, 2.24) is 14.9 Å². The van der Waals surface area contributed by atoms with Gasteiger partial charge in [-0.15, -0.1) is 0 Å². The molecule has 1 aliphatic carbocycles. The smallest absolute Gasteiger partial charge is 0.276 e. The van der Waals surface area contributed by atoms with E-state index in [-0.39, 0.29) is 17.8 Å². The summed E-state index contributed by atoms with van der Waals surface area (Å²) in [6.45, 7) is 7.61. The summed E-state index contributed by atoms with van der Waals surface area (Å²) in [6, 6.07) is 14.0. The standard InChI is InChI=1S/C27H31N3O4/c1-6-23(31)26(32)25-27(33)29(17(2)3)16-30(28(25)4)24-21-10-8-7-9-18(21)11-12-19-15-20(34-5)13-14-22(19)24/h6-10,13-15,17,24,32H,1,11-12,16H2,2-5H3/b26-25+. The first-order chi connectivity index (χ1) is 16.3. The monoisotopic (exact) mass is 461 g/mol. The van der Waals surface area contributed by atoms with Crippen LogP contribution >= 0.6 is 0 Å². The molecule has 0 aromatic heterocycles. The molecule has 1 fully saturated rings. The lowest BCUT2D eigenvalue weighted by Gasteiger charge is -2.49. The van der Waals surface area contributed by atoms with Crippen LogP contribution in [0.25, 0.3) is 0 Å². The van der Waals surface area contributed by atoms with Crippen LogP contribution in [0, 0.1) is 0 Å². The molecule has 7 heteroatoms. The fraction of sp³-hybridized carbons (Fsp3) is 0.333. The number of hydrazine groups is 1. The molecule has 1 amide bonds. The molecule has 1 atom stereocenters. The van der Waals surface area contributed by atoms with Gasteiger partial charge in [0.25, 0.3) is 5.91 Å². The number of hydrogen-bond donors (Lipinski definition) is 1. The number of likely N-dealkylation sites (N-methyl/N-ethyl adjacent to an activating group) is 1. The maximum atomic E-state index is 13.3. The maximum Gasteiger partial charge on any atom is 0.276 e. The molecule has 2 aliphatic rings. The summed E-state index contributed by atoms with van der Waals surface area (Å²) in [4.78, 5) is 27.3. The Morgan fingerprint density at radius 2 is 1.82 bits per heavy atom. The van der Waals surface area contributed by atoms with Gasteiger partial charge in [0.1, 0.15) is 5.75 Å². The van der Waals surface area contributed by atoms with Crippen LogP contribution in [-0.2, 0) is 22.4 Å². The van der Waals surface area contributed by atoms with Gasteiger partial charge in [0.15, 0.2) is 11.5 Å². The van der Waals surface area contributed by atoms with Crippen LogP contribution in [0.15, 0.2) is 66.6 Å².